The Kier molecular flexibility index (Phi) is 6.81. The molecule has 6 heteroatoms. The van der Waals surface area contributed by atoms with Crippen LogP contribution in [0, 0.1) is 13.8 Å². The van der Waals surface area contributed by atoms with Gasteiger partial charge in [-0.1, -0.05) is 61.4 Å². The summed E-state index contributed by atoms with van der Waals surface area (Å²) in [6, 6.07) is 21.3. The molecule has 0 bridgehead atoms. The van der Waals surface area contributed by atoms with Crippen LogP contribution in [0.5, 0.6) is 0 Å². The first kappa shape index (κ1) is 22.6. The predicted octanol–water partition coefficient (Wildman–Crippen LogP) is 5.26. The molecule has 0 saturated heterocycles. The molecule has 162 valence electrons. The van der Waals surface area contributed by atoms with Gasteiger partial charge < -0.3 is 5.32 Å². The zero-order valence-corrected chi connectivity index (χ0v) is 19.1. The van der Waals surface area contributed by atoms with Crippen LogP contribution in [0.4, 0.5) is 11.4 Å². The molecular weight excluding hydrogens is 408 g/mol. The number of benzene rings is 3. The summed E-state index contributed by atoms with van der Waals surface area (Å²) in [4.78, 5) is 12.9. The number of carbonyl (C=O) groups excluding carboxylic acids is 1. The van der Waals surface area contributed by atoms with Crippen molar-refractivity contribution < 1.29 is 13.2 Å². The first-order valence-corrected chi connectivity index (χ1v) is 11.7. The van der Waals surface area contributed by atoms with Crippen molar-refractivity contribution in [2.75, 3.05) is 16.2 Å². The zero-order chi connectivity index (χ0) is 22.6. The van der Waals surface area contributed by atoms with Crippen molar-refractivity contribution in [2.24, 2.45) is 0 Å². The molecule has 0 fully saturated rings. The third-order valence-electron chi connectivity index (χ3n) is 5.08. The molecule has 31 heavy (non-hydrogen) atoms. The van der Waals surface area contributed by atoms with Gasteiger partial charge in [0, 0.05) is 5.69 Å². The van der Waals surface area contributed by atoms with Crippen LogP contribution in [-0.2, 0) is 14.8 Å². The number of nitrogens with zero attached hydrogens (tertiary/aromatic N) is 1. The van der Waals surface area contributed by atoms with E-state index in [1.165, 1.54) is 5.56 Å². The summed E-state index contributed by atoms with van der Waals surface area (Å²) in [5.74, 6) is -0.0185. The van der Waals surface area contributed by atoms with Crippen LogP contribution in [0.15, 0.2) is 77.7 Å². The molecule has 0 atom stereocenters. The van der Waals surface area contributed by atoms with Gasteiger partial charge in [-0.15, -0.1) is 0 Å². The highest BCUT2D eigenvalue weighted by Crippen LogP contribution is 2.25. The Morgan fingerprint density at radius 3 is 1.87 bits per heavy atom. The van der Waals surface area contributed by atoms with E-state index in [0.29, 0.717) is 17.3 Å². The van der Waals surface area contributed by atoms with E-state index in [1.807, 2.05) is 50.2 Å². The third-order valence-corrected chi connectivity index (χ3v) is 6.87. The minimum Gasteiger partial charge on any atom is -0.325 e. The van der Waals surface area contributed by atoms with Crippen molar-refractivity contribution in [3.63, 3.8) is 0 Å². The Balaban J connectivity index is 1.88. The highest BCUT2D eigenvalue weighted by molar-refractivity contribution is 7.92. The maximum atomic E-state index is 13.4. The number of rotatable bonds is 7. The lowest BCUT2D eigenvalue weighted by Crippen LogP contribution is -2.38. The molecule has 1 N–H and O–H groups in total. The smallest absolute Gasteiger partial charge is 0.264 e. The van der Waals surface area contributed by atoms with Gasteiger partial charge in [-0.25, -0.2) is 8.42 Å². The number of carbonyl (C=O) groups is 1. The van der Waals surface area contributed by atoms with Crippen molar-refractivity contribution in [2.45, 2.75) is 38.5 Å². The molecule has 3 aromatic carbocycles. The van der Waals surface area contributed by atoms with E-state index in [1.54, 1.807) is 36.4 Å². The molecule has 0 unspecified atom stereocenters. The average Bonchev–Trinajstić information content (AvgIpc) is 2.73. The largest absolute Gasteiger partial charge is 0.325 e. The summed E-state index contributed by atoms with van der Waals surface area (Å²) < 4.78 is 27.9. The maximum absolute atomic E-state index is 13.4. The van der Waals surface area contributed by atoms with Crippen molar-refractivity contribution in [3.8, 4) is 0 Å². The monoisotopic (exact) mass is 436 g/mol. The number of anilines is 2. The van der Waals surface area contributed by atoms with Crippen LogP contribution in [-0.4, -0.2) is 20.9 Å². The lowest BCUT2D eigenvalue weighted by Gasteiger charge is -2.24. The average molecular weight is 437 g/mol. The summed E-state index contributed by atoms with van der Waals surface area (Å²) in [7, 11) is -3.92. The number of hydrogen-bond acceptors (Lipinski definition) is 3. The topological polar surface area (TPSA) is 66.5 Å². The molecule has 0 aromatic heterocycles. The molecule has 0 aliphatic carbocycles. The summed E-state index contributed by atoms with van der Waals surface area (Å²) in [5, 5.41) is 2.81. The number of nitrogens with one attached hydrogen (secondary N) is 1. The molecule has 0 spiro atoms. The fourth-order valence-corrected chi connectivity index (χ4v) is 4.57. The number of hydrogen-bond donors (Lipinski definition) is 1. The van der Waals surface area contributed by atoms with Crippen LogP contribution in [0.3, 0.4) is 0 Å². The Hall–Kier alpha value is -3.12. The van der Waals surface area contributed by atoms with E-state index in [4.69, 9.17) is 0 Å². The van der Waals surface area contributed by atoms with Crippen molar-refractivity contribution >= 4 is 27.3 Å². The molecule has 0 aliphatic rings. The van der Waals surface area contributed by atoms with Crippen molar-refractivity contribution in [1.29, 1.82) is 0 Å². The summed E-state index contributed by atoms with van der Waals surface area (Å²) >= 11 is 0. The Morgan fingerprint density at radius 1 is 0.839 bits per heavy atom. The van der Waals surface area contributed by atoms with Crippen LogP contribution >= 0.6 is 0 Å². The standard InChI is InChI=1S/C25H28N2O3S/c1-18(2)21-9-11-22(12-10-21)26-25(28)17-27(23-13-5-19(3)6-14-23)31(29,30)24-15-7-20(4)8-16-24/h5-16,18H,17H2,1-4H3,(H,26,28). The van der Waals surface area contributed by atoms with E-state index in [-0.39, 0.29) is 11.4 Å². The second-order valence-electron chi connectivity index (χ2n) is 7.99. The zero-order valence-electron chi connectivity index (χ0n) is 18.3. The highest BCUT2D eigenvalue weighted by Gasteiger charge is 2.27. The Morgan fingerprint density at radius 2 is 1.35 bits per heavy atom. The van der Waals surface area contributed by atoms with Crippen molar-refractivity contribution in [3.05, 3.63) is 89.5 Å². The van der Waals surface area contributed by atoms with Gasteiger partial charge in [0.05, 0.1) is 10.6 Å². The molecule has 3 rings (SSSR count). The molecule has 0 radical (unpaired) electrons. The van der Waals surface area contributed by atoms with Crippen LogP contribution in [0.25, 0.3) is 0 Å². The van der Waals surface area contributed by atoms with E-state index in [0.717, 1.165) is 15.4 Å². The van der Waals surface area contributed by atoms with Gasteiger partial charge in [0.1, 0.15) is 6.54 Å². The molecular formula is C25H28N2O3S. The van der Waals surface area contributed by atoms with Crippen LogP contribution in [0.1, 0.15) is 36.5 Å². The van der Waals surface area contributed by atoms with Crippen LogP contribution < -0.4 is 9.62 Å². The summed E-state index contributed by atoms with van der Waals surface area (Å²) in [5.41, 5.74) is 4.21. The lowest BCUT2D eigenvalue weighted by atomic mass is 10.0. The van der Waals surface area contributed by atoms with Crippen LogP contribution in [0.2, 0.25) is 0 Å². The number of aryl methyl sites for hydroxylation is 2. The Bertz CT molecular complexity index is 1130. The first-order chi connectivity index (χ1) is 14.7. The minimum absolute atomic E-state index is 0.146. The minimum atomic E-state index is -3.92. The van der Waals surface area contributed by atoms with Crippen molar-refractivity contribution in [1.82, 2.24) is 0 Å². The predicted molar refractivity (Wildman–Crippen MR) is 126 cm³/mol. The summed E-state index contributed by atoms with van der Waals surface area (Å²) in [6.07, 6.45) is 0. The van der Waals surface area contributed by atoms with E-state index in [2.05, 4.69) is 19.2 Å². The van der Waals surface area contributed by atoms with E-state index < -0.39 is 15.9 Å². The van der Waals surface area contributed by atoms with Gasteiger partial charge in [-0.3, -0.25) is 9.10 Å². The Labute approximate surface area is 184 Å². The lowest BCUT2D eigenvalue weighted by molar-refractivity contribution is -0.114. The van der Waals surface area contributed by atoms with E-state index in [9.17, 15) is 13.2 Å². The van der Waals surface area contributed by atoms with Gasteiger partial charge in [0.25, 0.3) is 10.0 Å². The van der Waals surface area contributed by atoms with Gasteiger partial charge in [0.15, 0.2) is 0 Å². The first-order valence-electron chi connectivity index (χ1n) is 10.2. The second-order valence-corrected chi connectivity index (χ2v) is 9.85. The number of sulfonamides is 1. The molecule has 5 nitrogen and oxygen atoms in total. The molecule has 0 saturated carbocycles. The molecule has 0 heterocycles. The highest BCUT2D eigenvalue weighted by atomic mass is 32.2. The van der Waals surface area contributed by atoms with Gasteiger partial charge in [-0.2, -0.15) is 0 Å². The molecule has 0 aliphatic heterocycles. The quantitative estimate of drug-likeness (QED) is 0.549. The fourth-order valence-electron chi connectivity index (χ4n) is 3.15. The molecule has 3 aromatic rings. The van der Waals surface area contributed by atoms with E-state index >= 15 is 0 Å². The fraction of sp³-hybridized carbons (Fsp3) is 0.240. The number of amides is 1. The van der Waals surface area contributed by atoms with Gasteiger partial charge in [0.2, 0.25) is 5.91 Å². The van der Waals surface area contributed by atoms with Gasteiger partial charge >= 0.3 is 0 Å². The third kappa shape index (κ3) is 5.52. The second kappa shape index (κ2) is 9.35. The molecule has 1 amide bonds. The summed E-state index contributed by atoms with van der Waals surface area (Å²) in [6.45, 7) is 7.69. The SMILES string of the molecule is Cc1ccc(N(CC(=O)Nc2ccc(C(C)C)cc2)S(=O)(=O)c2ccc(C)cc2)cc1. The normalized spacial score (nSPS) is 11.4. The van der Waals surface area contributed by atoms with Gasteiger partial charge in [-0.05, 0) is 61.7 Å². The maximum Gasteiger partial charge on any atom is 0.264 e.